The molecule has 1 unspecified atom stereocenters. The Kier molecular flexibility index (Phi) is 3.47. The number of hydrogen-bond donors (Lipinski definition) is 1. The number of aryl methyl sites for hydroxylation is 3. The van der Waals surface area contributed by atoms with Gasteiger partial charge in [-0.25, -0.2) is 0 Å². The number of carbonyl (C=O) groups excluding carboxylic acids is 1. The maximum Gasteiger partial charge on any atom is 0.220 e. The molecule has 1 heterocycles. The Morgan fingerprint density at radius 2 is 1.83 bits per heavy atom. The van der Waals surface area contributed by atoms with Gasteiger partial charge in [-0.3, -0.25) is 4.79 Å². The third-order valence-corrected chi connectivity index (χ3v) is 4.39. The third-order valence-electron chi connectivity index (χ3n) is 4.39. The summed E-state index contributed by atoms with van der Waals surface area (Å²) in [6, 6.07) is 4.54. The van der Waals surface area contributed by atoms with Crippen molar-refractivity contribution in [2.75, 3.05) is 0 Å². The first-order valence-corrected chi connectivity index (χ1v) is 6.83. The van der Waals surface area contributed by atoms with Gasteiger partial charge < -0.3 is 5.32 Å². The van der Waals surface area contributed by atoms with Gasteiger partial charge in [-0.15, -0.1) is 0 Å². The predicted octanol–water partition coefficient (Wildman–Crippen LogP) is 3.21. The molecule has 1 aliphatic rings. The van der Waals surface area contributed by atoms with Crippen LogP contribution in [0.2, 0.25) is 0 Å². The number of amides is 1. The molecule has 98 valence electrons. The van der Waals surface area contributed by atoms with Gasteiger partial charge in [0.25, 0.3) is 0 Å². The average molecular weight is 245 g/mol. The van der Waals surface area contributed by atoms with Crippen molar-refractivity contribution in [3.8, 4) is 0 Å². The highest BCUT2D eigenvalue weighted by atomic mass is 16.2. The summed E-state index contributed by atoms with van der Waals surface area (Å²) in [7, 11) is 0. The molecular weight excluding hydrogens is 222 g/mol. The second-order valence-corrected chi connectivity index (χ2v) is 5.72. The van der Waals surface area contributed by atoms with E-state index in [4.69, 9.17) is 0 Å². The minimum absolute atomic E-state index is 0.0104. The highest BCUT2D eigenvalue weighted by molar-refractivity contribution is 5.79. The molecule has 1 amide bonds. The second-order valence-electron chi connectivity index (χ2n) is 5.72. The van der Waals surface area contributed by atoms with E-state index in [0.717, 1.165) is 19.3 Å². The molecule has 1 aromatic rings. The van der Waals surface area contributed by atoms with Crippen LogP contribution < -0.4 is 5.32 Å². The molecule has 2 nitrogen and oxygen atoms in total. The summed E-state index contributed by atoms with van der Waals surface area (Å²) in [5.41, 5.74) is 5.39. The summed E-state index contributed by atoms with van der Waals surface area (Å²) in [5.74, 6) is 0.207. The van der Waals surface area contributed by atoms with Crippen LogP contribution in [0, 0.1) is 20.8 Å². The first-order valence-electron chi connectivity index (χ1n) is 6.83. The molecule has 0 bridgehead atoms. The normalized spacial score (nSPS) is 23.2. The molecule has 1 N–H and O–H groups in total. The first kappa shape index (κ1) is 13.1. The first-order chi connectivity index (χ1) is 8.46. The smallest absolute Gasteiger partial charge is 0.220 e. The van der Waals surface area contributed by atoms with E-state index in [2.05, 4.69) is 45.1 Å². The Labute approximate surface area is 110 Å². The fourth-order valence-electron chi connectivity index (χ4n) is 2.87. The number of carbonyl (C=O) groups is 1. The Morgan fingerprint density at radius 3 is 2.39 bits per heavy atom. The van der Waals surface area contributed by atoms with Crippen LogP contribution in [0.4, 0.5) is 0 Å². The molecule has 1 aliphatic heterocycles. The van der Waals surface area contributed by atoms with Gasteiger partial charge in [0.05, 0.1) is 0 Å². The average Bonchev–Trinajstić information content (AvgIpc) is 2.68. The standard InChI is InChI=1S/C16H23NO/c1-5-16(7-6-15(18)17-16)10-14-9-12(3)11(2)8-13(14)4/h8-9H,5-7,10H2,1-4H3,(H,17,18). The molecule has 0 radical (unpaired) electrons. The largest absolute Gasteiger partial charge is 0.350 e. The lowest BCUT2D eigenvalue weighted by atomic mass is 9.84. The van der Waals surface area contributed by atoms with Gasteiger partial charge in [0, 0.05) is 12.0 Å². The van der Waals surface area contributed by atoms with Gasteiger partial charge in [0.15, 0.2) is 0 Å². The molecule has 1 fully saturated rings. The zero-order chi connectivity index (χ0) is 13.3. The summed E-state index contributed by atoms with van der Waals surface area (Å²) >= 11 is 0. The SMILES string of the molecule is CCC1(Cc2cc(C)c(C)cc2C)CCC(=O)N1. The Bertz CT molecular complexity index is 478. The fraction of sp³-hybridized carbons (Fsp3) is 0.562. The molecule has 1 saturated heterocycles. The molecule has 2 rings (SSSR count). The van der Waals surface area contributed by atoms with Crippen molar-refractivity contribution in [1.82, 2.24) is 5.32 Å². The quantitative estimate of drug-likeness (QED) is 0.870. The molecule has 0 aromatic heterocycles. The van der Waals surface area contributed by atoms with E-state index in [1.807, 2.05) is 0 Å². The number of nitrogens with one attached hydrogen (secondary N) is 1. The van der Waals surface area contributed by atoms with Crippen LogP contribution in [0.25, 0.3) is 0 Å². The van der Waals surface area contributed by atoms with Crippen LogP contribution in [0.5, 0.6) is 0 Å². The highest BCUT2D eigenvalue weighted by Gasteiger charge is 2.36. The highest BCUT2D eigenvalue weighted by Crippen LogP contribution is 2.29. The van der Waals surface area contributed by atoms with Crippen LogP contribution in [-0.2, 0) is 11.2 Å². The molecular formula is C16H23NO. The van der Waals surface area contributed by atoms with Gasteiger partial charge in [-0.1, -0.05) is 19.1 Å². The summed E-state index contributed by atoms with van der Waals surface area (Å²) < 4.78 is 0. The maximum atomic E-state index is 11.5. The monoisotopic (exact) mass is 245 g/mol. The lowest BCUT2D eigenvalue weighted by Crippen LogP contribution is -2.43. The number of benzene rings is 1. The van der Waals surface area contributed by atoms with E-state index in [-0.39, 0.29) is 11.4 Å². The van der Waals surface area contributed by atoms with Crippen molar-refractivity contribution < 1.29 is 4.79 Å². The van der Waals surface area contributed by atoms with E-state index < -0.39 is 0 Å². The van der Waals surface area contributed by atoms with Crippen molar-refractivity contribution >= 4 is 5.91 Å². The maximum absolute atomic E-state index is 11.5. The topological polar surface area (TPSA) is 29.1 Å². The molecule has 1 atom stereocenters. The molecule has 1 aromatic carbocycles. The predicted molar refractivity (Wildman–Crippen MR) is 74.8 cm³/mol. The van der Waals surface area contributed by atoms with Crippen molar-refractivity contribution in [3.05, 3.63) is 34.4 Å². The molecule has 0 aliphatic carbocycles. The third kappa shape index (κ3) is 2.43. The van der Waals surface area contributed by atoms with Crippen LogP contribution >= 0.6 is 0 Å². The Hall–Kier alpha value is -1.31. The van der Waals surface area contributed by atoms with Gasteiger partial charge >= 0.3 is 0 Å². The van der Waals surface area contributed by atoms with Crippen LogP contribution in [0.15, 0.2) is 12.1 Å². The molecule has 0 saturated carbocycles. The zero-order valence-electron chi connectivity index (χ0n) is 11.9. The minimum Gasteiger partial charge on any atom is -0.350 e. The van der Waals surface area contributed by atoms with Crippen molar-refractivity contribution in [2.45, 2.75) is 58.9 Å². The summed E-state index contributed by atoms with van der Waals surface area (Å²) in [6.07, 6.45) is 3.61. The lowest BCUT2D eigenvalue weighted by molar-refractivity contribution is -0.119. The molecule has 18 heavy (non-hydrogen) atoms. The number of rotatable bonds is 3. The van der Waals surface area contributed by atoms with Crippen molar-refractivity contribution in [2.24, 2.45) is 0 Å². The second kappa shape index (κ2) is 4.75. The summed E-state index contributed by atoms with van der Waals surface area (Å²) in [5, 5.41) is 3.19. The van der Waals surface area contributed by atoms with Gasteiger partial charge in [-0.2, -0.15) is 0 Å². The zero-order valence-corrected chi connectivity index (χ0v) is 11.9. The molecule has 2 heteroatoms. The Morgan fingerprint density at radius 1 is 1.17 bits per heavy atom. The van der Waals surface area contributed by atoms with Crippen LogP contribution in [0.1, 0.15) is 48.4 Å². The Balaban J connectivity index is 2.28. The minimum atomic E-state index is -0.0104. The van der Waals surface area contributed by atoms with Gasteiger partial charge in [-0.05, 0) is 62.3 Å². The van der Waals surface area contributed by atoms with Gasteiger partial charge in [0.1, 0.15) is 0 Å². The van der Waals surface area contributed by atoms with E-state index in [9.17, 15) is 4.79 Å². The van der Waals surface area contributed by atoms with E-state index in [1.165, 1.54) is 22.3 Å². The van der Waals surface area contributed by atoms with Crippen molar-refractivity contribution in [1.29, 1.82) is 0 Å². The van der Waals surface area contributed by atoms with E-state index in [0.29, 0.717) is 6.42 Å². The fourth-order valence-corrected chi connectivity index (χ4v) is 2.87. The van der Waals surface area contributed by atoms with Crippen LogP contribution in [0.3, 0.4) is 0 Å². The van der Waals surface area contributed by atoms with E-state index >= 15 is 0 Å². The lowest BCUT2D eigenvalue weighted by Gasteiger charge is -2.29. The van der Waals surface area contributed by atoms with Crippen LogP contribution in [-0.4, -0.2) is 11.4 Å². The number of hydrogen-bond acceptors (Lipinski definition) is 1. The van der Waals surface area contributed by atoms with Crippen molar-refractivity contribution in [3.63, 3.8) is 0 Å². The summed E-state index contributed by atoms with van der Waals surface area (Å²) in [4.78, 5) is 11.5. The summed E-state index contributed by atoms with van der Waals surface area (Å²) in [6.45, 7) is 8.65. The van der Waals surface area contributed by atoms with Gasteiger partial charge in [0.2, 0.25) is 5.91 Å². The molecule has 0 spiro atoms. The van der Waals surface area contributed by atoms with E-state index in [1.54, 1.807) is 0 Å².